The second-order valence-corrected chi connectivity index (χ2v) is 5.46. The van der Waals surface area contributed by atoms with Gasteiger partial charge in [0.25, 0.3) is 0 Å². The topological polar surface area (TPSA) is 50.7 Å². The first-order valence-corrected chi connectivity index (χ1v) is 6.72. The first kappa shape index (κ1) is 14.3. The van der Waals surface area contributed by atoms with Crippen molar-refractivity contribution in [2.24, 2.45) is 5.41 Å². The average Bonchev–Trinajstić information content (AvgIpc) is 2.41. The number of ether oxygens (including phenoxy) is 2. The molecule has 1 atom stereocenters. The zero-order valence-corrected chi connectivity index (χ0v) is 11.7. The van der Waals surface area contributed by atoms with Crippen molar-refractivity contribution < 1.29 is 14.6 Å². The minimum Gasteiger partial charge on any atom is -0.497 e. The molecule has 0 amide bonds. The Kier molecular flexibility index (Phi) is 4.80. The quantitative estimate of drug-likeness (QED) is 0.782. The van der Waals surface area contributed by atoms with E-state index in [4.69, 9.17) is 9.47 Å². The van der Waals surface area contributed by atoms with Crippen LogP contribution in [-0.4, -0.2) is 45.1 Å². The van der Waals surface area contributed by atoms with E-state index in [1.54, 1.807) is 7.11 Å². The fraction of sp³-hybridized carbons (Fsp3) is 0.600. The van der Waals surface area contributed by atoms with Gasteiger partial charge in [0, 0.05) is 13.1 Å². The molecule has 1 fully saturated rings. The molecule has 1 saturated heterocycles. The largest absolute Gasteiger partial charge is 0.497 e. The number of aliphatic hydroxyl groups excluding tert-OH is 1. The van der Waals surface area contributed by atoms with E-state index in [0.29, 0.717) is 19.1 Å². The molecule has 4 nitrogen and oxygen atoms in total. The van der Waals surface area contributed by atoms with Crippen molar-refractivity contribution in [2.75, 3.05) is 40.0 Å². The fourth-order valence-electron chi connectivity index (χ4n) is 2.24. The molecule has 1 aromatic carbocycles. The van der Waals surface area contributed by atoms with Gasteiger partial charge in [0.15, 0.2) is 0 Å². The van der Waals surface area contributed by atoms with Crippen molar-refractivity contribution in [1.82, 2.24) is 5.32 Å². The number of aliphatic hydroxyl groups is 1. The number of methoxy groups -OCH3 is 1. The Bertz CT molecular complexity index is 381. The van der Waals surface area contributed by atoms with Crippen LogP contribution in [0.3, 0.4) is 0 Å². The highest BCUT2D eigenvalue weighted by Gasteiger charge is 2.37. The highest BCUT2D eigenvalue weighted by Crippen LogP contribution is 2.26. The smallest absolute Gasteiger partial charge is 0.118 e. The maximum atomic E-state index is 9.34. The lowest BCUT2D eigenvalue weighted by atomic mass is 9.87. The predicted octanol–water partition coefficient (Wildman–Crippen LogP) is 1.40. The molecule has 1 heterocycles. The molecular formula is C15H23NO3. The maximum Gasteiger partial charge on any atom is 0.118 e. The standard InChI is InChI=1S/C15H23NO3/c1-12(13-3-5-14(18-2)6-4-13)7-16-8-15(9-17)10-19-11-15/h3-6,12,16-17H,7-11H2,1-2H3. The van der Waals surface area contributed by atoms with Gasteiger partial charge < -0.3 is 19.9 Å². The fourth-order valence-corrected chi connectivity index (χ4v) is 2.24. The third-order valence-electron chi connectivity index (χ3n) is 3.79. The van der Waals surface area contributed by atoms with E-state index in [2.05, 4.69) is 24.4 Å². The third-order valence-corrected chi connectivity index (χ3v) is 3.79. The summed E-state index contributed by atoms with van der Waals surface area (Å²) in [6.45, 7) is 5.41. The highest BCUT2D eigenvalue weighted by molar-refractivity contribution is 5.29. The van der Waals surface area contributed by atoms with Gasteiger partial charge in [0.05, 0.1) is 32.3 Å². The number of hydrogen-bond donors (Lipinski definition) is 2. The van der Waals surface area contributed by atoms with Gasteiger partial charge in [0.2, 0.25) is 0 Å². The molecule has 0 aromatic heterocycles. The van der Waals surface area contributed by atoms with Crippen LogP contribution in [0.15, 0.2) is 24.3 Å². The SMILES string of the molecule is COc1ccc(C(C)CNCC2(CO)COC2)cc1. The van der Waals surface area contributed by atoms with Crippen molar-refractivity contribution in [1.29, 1.82) is 0 Å². The number of nitrogens with one attached hydrogen (secondary N) is 1. The summed E-state index contributed by atoms with van der Waals surface area (Å²) >= 11 is 0. The molecule has 4 heteroatoms. The van der Waals surface area contributed by atoms with Gasteiger partial charge in [-0.1, -0.05) is 19.1 Å². The van der Waals surface area contributed by atoms with Gasteiger partial charge in [-0.3, -0.25) is 0 Å². The Morgan fingerprint density at radius 2 is 2.05 bits per heavy atom. The highest BCUT2D eigenvalue weighted by atomic mass is 16.5. The minimum absolute atomic E-state index is 0.0559. The summed E-state index contributed by atoms with van der Waals surface area (Å²) in [7, 11) is 1.68. The van der Waals surface area contributed by atoms with Gasteiger partial charge in [-0.15, -0.1) is 0 Å². The van der Waals surface area contributed by atoms with Crippen molar-refractivity contribution in [3.63, 3.8) is 0 Å². The summed E-state index contributed by atoms with van der Waals surface area (Å²) in [5.41, 5.74) is 1.23. The normalized spacial score (nSPS) is 18.7. The molecule has 1 unspecified atom stereocenters. The van der Waals surface area contributed by atoms with E-state index in [1.165, 1.54) is 5.56 Å². The van der Waals surface area contributed by atoms with Crippen molar-refractivity contribution in [3.8, 4) is 5.75 Å². The third kappa shape index (κ3) is 3.47. The molecule has 0 bridgehead atoms. The summed E-state index contributed by atoms with van der Waals surface area (Å²) in [5, 5.41) is 12.8. The molecule has 0 saturated carbocycles. The molecule has 19 heavy (non-hydrogen) atoms. The maximum absolute atomic E-state index is 9.34. The van der Waals surface area contributed by atoms with E-state index in [9.17, 15) is 5.11 Å². The number of rotatable bonds is 7. The summed E-state index contributed by atoms with van der Waals surface area (Å²) in [4.78, 5) is 0. The Morgan fingerprint density at radius 1 is 1.37 bits per heavy atom. The van der Waals surface area contributed by atoms with Crippen LogP contribution in [0.1, 0.15) is 18.4 Å². The summed E-state index contributed by atoms with van der Waals surface area (Å²) < 4.78 is 10.3. The molecule has 1 aliphatic rings. The van der Waals surface area contributed by atoms with Crippen molar-refractivity contribution in [3.05, 3.63) is 29.8 Å². The monoisotopic (exact) mass is 265 g/mol. The van der Waals surface area contributed by atoms with Gasteiger partial charge >= 0.3 is 0 Å². The Labute approximate surface area is 114 Å². The molecule has 0 aliphatic carbocycles. The van der Waals surface area contributed by atoms with Crippen LogP contribution in [0.25, 0.3) is 0 Å². The van der Waals surface area contributed by atoms with E-state index >= 15 is 0 Å². The number of benzene rings is 1. The summed E-state index contributed by atoms with van der Waals surface area (Å²) in [6, 6.07) is 8.17. The summed E-state index contributed by atoms with van der Waals surface area (Å²) in [6.07, 6.45) is 0. The first-order valence-electron chi connectivity index (χ1n) is 6.72. The predicted molar refractivity (Wildman–Crippen MR) is 74.6 cm³/mol. The van der Waals surface area contributed by atoms with E-state index < -0.39 is 0 Å². The van der Waals surface area contributed by atoms with E-state index in [1.807, 2.05) is 12.1 Å². The molecule has 106 valence electrons. The zero-order valence-electron chi connectivity index (χ0n) is 11.7. The van der Waals surface area contributed by atoms with Crippen LogP contribution >= 0.6 is 0 Å². The van der Waals surface area contributed by atoms with Crippen molar-refractivity contribution in [2.45, 2.75) is 12.8 Å². The van der Waals surface area contributed by atoms with Gasteiger partial charge in [0.1, 0.15) is 5.75 Å². The molecule has 1 aromatic rings. The molecule has 0 radical (unpaired) electrons. The average molecular weight is 265 g/mol. The second-order valence-electron chi connectivity index (χ2n) is 5.46. The lowest BCUT2D eigenvalue weighted by Gasteiger charge is -2.40. The van der Waals surface area contributed by atoms with Crippen molar-refractivity contribution >= 4 is 0 Å². The van der Waals surface area contributed by atoms with Gasteiger partial charge in [-0.25, -0.2) is 0 Å². The molecule has 1 aliphatic heterocycles. The molecule has 2 rings (SSSR count). The first-order chi connectivity index (χ1) is 9.19. The van der Waals surface area contributed by atoms with E-state index in [-0.39, 0.29) is 12.0 Å². The van der Waals surface area contributed by atoms with Gasteiger partial charge in [-0.2, -0.15) is 0 Å². The summed E-state index contributed by atoms with van der Waals surface area (Å²) in [5.74, 6) is 1.32. The molecule has 2 N–H and O–H groups in total. The van der Waals surface area contributed by atoms with Crippen LogP contribution < -0.4 is 10.1 Å². The van der Waals surface area contributed by atoms with Crippen LogP contribution in [-0.2, 0) is 4.74 Å². The van der Waals surface area contributed by atoms with Crippen LogP contribution in [0, 0.1) is 5.41 Å². The lowest BCUT2D eigenvalue weighted by Crippen LogP contribution is -2.52. The van der Waals surface area contributed by atoms with E-state index in [0.717, 1.165) is 18.8 Å². The van der Waals surface area contributed by atoms with Crippen LogP contribution in [0.5, 0.6) is 5.75 Å². The second kappa shape index (κ2) is 6.37. The Hall–Kier alpha value is -1.10. The lowest BCUT2D eigenvalue weighted by molar-refractivity contribution is -0.134. The van der Waals surface area contributed by atoms with Crippen LogP contribution in [0.2, 0.25) is 0 Å². The Balaban J connectivity index is 1.78. The molecule has 0 spiro atoms. The van der Waals surface area contributed by atoms with Crippen LogP contribution in [0.4, 0.5) is 0 Å². The Morgan fingerprint density at radius 3 is 2.53 bits per heavy atom. The zero-order chi connectivity index (χ0) is 13.7. The molecular weight excluding hydrogens is 242 g/mol. The minimum atomic E-state index is -0.0559. The van der Waals surface area contributed by atoms with Gasteiger partial charge in [-0.05, 0) is 23.6 Å². The number of hydrogen-bond acceptors (Lipinski definition) is 4.